The van der Waals surface area contributed by atoms with E-state index < -0.39 is 23.3 Å². The van der Waals surface area contributed by atoms with E-state index in [2.05, 4.69) is 0 Å². The van der Waals surface area contributed by atoms with E-state index in [1.807, 2.05) is 6.07 Å². The maximum absolute atomic E-state index is 11.7. The molecule has 1 aliphatic rings. The van der Waals surface area contributed by atoms with Crippen molar-refractivity contribution in [1.29, 1.82) is 0 Å². The third-order valence-corrected chi connectivity index (χ3v) is 4.44. The van der Waals surface area contributed by atoms with Gasteiger partial charge in [-0.15, -0.1) is 0 Å². The molecular formula is C16H20O5. The summed E-state index contributed by atoms with van der Waals surface area (Å²) in [6, 6.07) is 7.14. The van der Waals surface area contributed by atoms with Gasteiger partial charge in [0.2, 0.25) is 0 Å². The molecule has 0 amide bonds. The van der Waals surface area contributed by atoms with Gasteiger partial charge in [0, 0.05) is 5.41 Å². The number of hydrogen-bond acceptors (Lipinski definition) is 3. The van der Waals surface area contributed by atoms with E-state index in [1.165, 1.54) is 0 Å². The van der Waals surface area contributed by atoms with E-state index in [9.17, 15) is 19.8 Å². The van der Waals surface area contributed by atoms with Crippen molar-refractivity contribution in [2.45, 2.75) is 37.5 Å². The zero-order chi connectivity index (χ0) is 15.5. The summed E-state index contributed by atoms with van der Waals surface area (Å²) in [6.07, 6.45) is 2.58. The highest BCUT2D eigenvalue weighted by Gasteiger charge is 2.47. The van der Waals surface area contributed by atoms with Crippen molar-refractivity contribution in [3.8, 4) is 5.75 Å². The first-order chi connectivity index (χ1) is 9.99. The van der Waals surface area contributed by atoms with Crippen molar-refractivity contribution in [2.24, 2.45) is 5.92 Å². The molecule has 0 radical (unpaired) electrons. The number of rotatable bonds is 5. The minimum atomic E-state index is -0.967. The second kappa shape index (κ2) is 6.16. The molecule has 1 aromatic rings. The average molecular weight is 292 g/mol. The van der Waals surface area contributed by atoms with Gasteiger partial charge >= 0.3 is 11.9 Å². The first-order valence-electron chi connectivity index (χ1n) is 7.09. The monoisotopic (exact) mass is 292 g/mol. The Hall–Kier alpha value is -2.04. The minimum absolute atomic E-state index is 0.170. The highest BCUT2D eigenvalue weighted by atomic mass is 16.5. The van der Waals surface area contributed by atoms with Crippen LogP contribution in [0.25, 0.3) is 0 Å². The van der Waals surface area contributed by atoms with Crippen LogP contribution in [0.15, 0.2) is 24.3 Å². The van der Waals surface area contributed by atoms with E-state index >= 15 is 0 Å². The molecule has 0 bridgehead atoms. The molecule has 0 heterocycles. The topological polar surface area (TPSA) is 83.8 Å². The van der Waals surface area contributed by atoms with Crippen LogP contribution in [0.4, 0.5) is 0 Å². The number of hydrogen-bond donors (Lipinski definition) is 2. The first-order valence-corrected chi connectivity index (χ1v) is 7.09. The fourth-order valence-electron chi connectivity index (χ4n) is 3.46. The second-order valence-corrected chi connectivity index (χ2v) is 5.60. The molecule has 2 atom stereocenters. The molecule has 2 N–H and O–H groups in total. The predicted molar refractivity (Wildman–Crippen MR) is 76.5 cm³/mol. The fraction of sp³-hybridized carbons (Fsp3) is 0.500. The Morgan fingerprint density at radius 3 is 2.71 bits per heavy atom. The number of benzene rings is 1. The molecule has 5 nitrogen and oxygen atoms in total. The van der Waals surface area contributed by atoms with Gasteiger partial charge in [-0.1, -0.05) is 25.0 Å². The highest BCUT2D eigenvalue weighted by Crippen LogP contribution is 2.47. The Labute approximate surface area is 123 Å². The molecular weight excluding hydrogens is 272 g/mol. The van der Waals surface area contributed by atoms with Crippen molar-refractivity contribution in [3.05, 3.63) is 29.8 Å². The van der Waals surface area contributed by atoms with Crippen LogP contribution < -0.4 is 4.74 Å². The highest BCUT2D eigenvalue weighted by molar-refractivity contribution is 5.76. The van der Waals surface area contributed by atoms with Crippen LogP contribution in [-0.2, 0) is 15.0 Å². The van der Waals surface area contributed by atoms with Crippen LogP contribution in [0, 0.1) is 5.92 Å². The number of carboxylic acid groups (broad SMARTS) is 2. The Balaban J connectivity index is 2.53. The first kappa shape index (κ1) is 15.4. The molecule has 1 saturated carbocycles. The Kier molecular flexibility index (Phi) is 4.50. The van der Waals surface area contributed by atoms with Gasteiger partial charge in [0.1, 0.15) is 5.75 Å². The summed E-state index contributed by atoms with van der Waals surface area (Å²) in [6.45, 7) is 0. The summed E-state index contributed by atoms with van der Waals surface area (Å²) in [4.78, 5) is 23.0. The Morgan fingerprint density at radius 1 is 1.33 bits per heavy atom. The number of methoxy groups -OCH3 is 1. The van der Waals surface area contributed by atoms with Gasteiger partial charge in [-0.2, -0.15) is 0 Å². The smallest absolute Gasteiger partial charge is 0.307 e. The van der Waals surface area contributed by atoms with Gasteiger partial charge in [-0.25, -0.2) is 0 Å². The standard InChI is InChI=1S/C16H20O5/c1-21-12-6-4-5-11(9-12)16(10-14(17)18)8-3-2-7-13(16)15(19)20/h4-6,9,13H,2-3,7-8,10H2,1H3,(H,17,18)(H,19,20)/t13-,16+/m1/s1. The van der Waals surface area contributed by atoms with Crippen molar-refractivity contribution in [1.82, 2.24) is 0 Å². The molecule has 5 heteroatoms. The zero-order valence-corrected chi connectivity index (χ0v) is 12.0. The third kappa shape index (κ3) is 3.01. The minimum Gasteiger partial charge on any atom is -0.497 e. The summed E-state index contributed by atoms with van der Waals surface area (Å²) in [5.41, 5.74) is -0.110. The maximum Gasteiger partial charge on any atom is 0.307 e. The Morgan fingerprint density at radius 2 is 2.10 bits per heavy atom. The van der Waals surface area contributed by atoms with Gasteiger partial charge in [-0.05, 0) is 30.5 Å². The maximum atomic E-state index is 11.7. The van der Waals surface area contributed by atoms with Crippen LogP contribution >= 0.6 is 0 Å². The molecule has 1 aromatic carbocycles. The Bertz CT molecular complexity index is 539. The number of ether oxygens (including phenoxy) is 1. The van der Waals surface area contributed by atoms with Crippen LogP contribution in [0.1, 0.15) is 37.7 Å². The largest absolute Gasteiger partial charge is 0.497 e. The van der Waals surface area contributed by atoms with Crippen molar-refractivity contribution >= 4 is 11.9 Å². The van der Waals surface area contributed by atoms with Gasteiger partial charge in [0.25, 0.3) is 0 Å². The number of carbonyl (C=O) groups is 2. The van der Waals surface area contributed by atoms with Crippen LogP contribution in [0.5, 0.6) is 5.75 Å². The quantitative estimate of drug-likeness (QED) is 0.871. The molecule has 21 heavy (non-hydrogen) atoms. The van der Waals surface area contributed by atoms with Crippen molar-refractivity contribution < 1.29 is 24.5 Å². The van der Waals surface area contributed by atoms with Crippen molar-refractivity contribution in [2.75, 3.05) is 7.11 Å². The van der Waals surface area contributed by atoms with Gasteiger partial charge in [-0.3, -0.25) is 9.59 Å². The summed E-state index contributed by atoms with van der Waals surface area (Å²) < 4.78 is 5.20. The predicted octanol–water partition coefficient (Wildman–Crippen LogP) is 2.68. The zero-order valence-electron chi connectivity index (χ0n) is 12.0. The lowest BCUT2D eigenvalue weighted by molar-refractivity contribution is -0.148. The fourth-order valence-corrected chi connectivity index (χ4v) is 3.46. The molecule has 2 rings (SSSR count). The number of carboxylic acids is 2. The van der Waals surface area contributed by atoms with Crippen LogP contribution in [0.2, 0.25) is 0 Å². The van der Waals surface area contributed by atoms with Crippen LogP contribution in [-0.4, -0.2) is 29.3 Å². The van der Waals surface area contributed by atoms with Gasteiger partial charge in [0.15, 0.2) is 0 Å². The molecule has 0 unspecified atom stereocenters. The molecule has 0 saturated heterocycles. The molecule has 0 aromatic heterocycles. The van der Waals surface area contributed by atoms with Crippen LogP contribution in [0.3, 0.4) is 0 Å². The van der Waals surface area contributed by atoms with E-state index in [-0.39, 0.29) is 6.42 Å². The van der Waals surface area contributed by atoms with Gasteiger partial charge < -0.3 is 14.9 Å². The lowest BCUT2D eigenvalue weighted by atomic mass is 9.61. The molecule has 114 valence electrons. The van der Waals surface area contributed by atoms with E-state index in [1.54, 1.807) is 25.3 Å². The average Bonchev–Trinajstić information content (AvgIpc) is 2.47. The van der Waals surface area contributed by atoms with Gasteiger partial charge in [0.05, 0.1) is 19.4 Å². The lowest BCUT2D eigenvalue weighted by Crippen LogP contribution is -2.44. The van der Waals surface area contributed by atoms with E-state index in [0.29, 0.717) is 18.6 Å². The SMILES string of the molecule is COc1cccc([C@@]2(CC(=O)O)CCCC[C@@H]2C(=O)O)c1. The van der Waals surface area contributed by atoms with Crippen molar-refractivity contribution in [3.63, 3.8) is 0 Å². The lowest BCUT2D eigenvalue weighted by Gasteiger charge is -2.41. The second-order valence-electron chi connectivity index (χ2n) is 5.60. The third-order valence-electron chi connectivity index (χ3n) is 4.44. The molecule has 0 aliphatic heterocycles. The summed E-state index contributed by atoms with van der Waals surface area (Å²) in [7, 11) is 1.54. The summed E-state index contributed by atoms with van der Waals surface area (Å²) >= 11 is 0. The normalized spacial score (nSPS) is 25.3. The molecule has 1 fully saturated rings. The van der Waals surface area contributed by atoms with E-state index in [4.69, 9.17) is 4.74 Å². The van der Waals surface area contributed by atoms with E-state index in [0.717, 1.165) is 18.4 Å². The summed E-state index contributed by atoms with van der Waals surface area (Å²) in [5.74, 6) is -1.94. The molecule has 0 spiro atoms. The number of aliphatic carboxylic acids is 2. The molecule has 1 aliphatic carbocycles. The summed E-state index contributed by atoms with van der Waals surface area (Å²) in [5, 5.41) is 18.8.